The SMILES string of the molecule is COc1ccc(-c2nc(-c3ccc(OC)c(OC)c3)n[nH]2)cc1. The summed E-state index contributed by atoms with van der Waals surface area (Å²) in [5.74, 6) is 3.39. The first-order chi connectivity index (χ1) is 11.2. The summed E-state index contributed by atoms with van der Waals surface area (Å²) in [6, 6.07) is 13.2. The molecule has 1 heterocycles. The van der Waals surface area contributed by atoms with Gasteiger partial charge in [-0.25, -0.2) is 4.98 Å². The van der Waals surface area contributed by atoms with Crippen LogP contribution in [0.5, 0.6) is 17.2 Å². The standard InChI is InChI=1S/C17H17N3O3/c1-21-13-7-4-11(5-8-13)16-18-17(20-19-16)12-6-9-14(22-2)15(10-12)23-3/h4-10H,1-3H3,(H,18,19,20). The smallest absolute Gasteiger partial charge is 0.181 e. The van der Waals surface area contributed by atoms with E-state index in [1.54, 1.807) is 21.3 Å². The average Bonchev–Trinajstić information content (AvgIpc) is 3.11. The van der Waals surface area contributed by atoms with Crippen molar-refractivity contribution in [2.45, 2.75) is 0 Å². The lowest BCUT2D eigenvalue weighted by Gasteiger charge is -2.07. The van der Waals surface area contributed by atoms with Crippen molar-refractivity contribution in [2.75, 3.05) is 21.3 Å². The second-order valence-electron chi connectivity index (χ2n) is 4.81. The summed E-state index contributed by atoms with van der Waals surface area (Å²) in [6.07, 6.45) is 0. The number of rotatable bonds is 5. The zero-order chi connectivity index (χ0) is 16.2. The van der Waals surface area contributed by atoms with E-state index in [4.69, 9.17) is 14.2 Å². The molecule has 6 heteroatoms. The van der Waals surface area contributed by atoms with E-state index in [0.717, 1.165) is 16.9 Å². The molecule has 0 saturated heterocycles. The summed E-state index contributed by atoms with van der Waals surface area (Å²) in [5, 5.41) is 7.22. The lowest BCUT2D eigenvalue weighted by molar-refractivity contribution is 0.355. The van der Waals surface area contributed by atoms with Crippen LogP contribution in [0.15, 0.2) is 42.5 Å². The Balaban J connectivity index is 1.92. The van der Waals surface area contributed by atoms with Crippen molar-refractivity contribution in [1.29, 1.82) is 0 Å². The van der Waals surface area contributed by atoms with E-state index in [2.05, 4.69) is 15.2 Å². The number of ether oxygens (including phenoxy) is 3. The number of H-pyrrole nitrogens is 1. The summed E-state index contributed by atoms with van der Waals surface area (Å²) >= 11 is 0. The van der Waals surface area contributed by atoms with Crippen LogP contribution in [0.3, 0.4) is 0 Å². The van der Waals surface area contributed by atoms with E-state index >= 15 is 0 Å². The number of nitrogens with zero attached hydrogens (tertiary/aromatic N) is 2. The highest BCUT2D eigenvalue weighted by molar-refractivity contribution is 5.64. The Labute approximate surface area is 134 Å². The predicted octanol–water partition coefficient (Wildman–Crippen LogP) is 3.16. The highest BCUT2D eigenvalue weighted by Gasteiger charge is 2.11. The van der Waals surface area contributed by atoms with Gasteiger partial charge in [-0.05, 0) is 42.5 Å². The fourth-order valence-electron chi connectivity index (χ4n) is 2.24. The van der Waals surface area contributed by atoms with Gasteiger partial charge in [-0.3, -0.25) is 5.10 Å². The van der Waals surface area contributed by atoms with E-state index in [9.17, 15) is 0 Å². The van der Waals surface area contributed by atoms with Gasteiger partial charge < -0.3 is 14.2 Å². The van der Waals surface area contributed by atoms with Crippen molar-refractivity contribution in [1.82, 2.24) is 15.2 Å². The van der Waals surface area contributed by atoms with Gasteiger partial charge in [0, 0.05) is 11.1 Å². The topological polar surface area (TPSA) is 69.3 Å². The van der Waals surface area contributed by atoms with Gasteiger partial charge in [0.15, 0.2) is 23.1 Å². The van der Waals surface area contributed by atoms with Gasteiger partial charge in [0.2, 0.25) is 0 Å². The first-order valence-electron chi connectivity index (χ1n) is 7.04. The zero-order valence-electron chi connectivity index (χ0n) is 13.2. The van der Waals surface area contributed by atoms with Crippen molar-refractivity contribution < 1.29 is 14.2 Å². The zero-order valence-corrected chi connectivity index (χ0v) is 13.2. The normalized spacial score (nSPS) is 10.4. The molecule has 0 radical (unpaired) electrons. The van der Waals surface area contributed by atoms with E-state index in [1.165, 1.54) is 0 Å². The molecule has 0 atom stereocenters. The van der Waals surface area contributed by atoms with Gasteiger partial charge in [-0.15, -0.1) is 0 Å². The molecule has 1 aromatic heterocycles. The molecule has 2 aromatic carbocycles. The van der Waals surface area contributed by atoms with E-state index < -0.39 is 0 Å². The van der Waals surface area contributed by atoms with Crippen molar-refractivity contribution in [3.05, 3.63) is 42.5 Å². The van der Waals surface area contributed by atoms with Crippen LogP contribution < -0.4 is 14.2 Å². The summed E-state index contributed by atoms with van der Waals surface area (Å²) in [4.78, 5) is 4.53. The molecule has 0 unspecified atom stereocenters. The second kappa shape index (κ2) is 6.39. The number of nitrogens with one attached hydrogen (secondary N) is 1. The Morgan fingerprint density at radius 3 is 2.13 bits per heavy atom. The summed E-state index contributed by atoms with van der Waals surface area (Å²) in [7, 11) is 4.84. The van der Waals surface area contributed by atoms with E-state index in [-0.39, 0.29) is 0 Å². The van der Waals surface area contributed by atoms with Crippen molar-refractivity contribution in [2.24, 2.45) is 0 Å². The maximum absolute atomic E-state index is 5.31. The fraction of sp³-hybridized carbons (Fsp3) is 0.176. The molecular formula is C17H17N3O3. The maximum atomic E-state index is 5.31. The van der Waals surface area contributed by atoms with Crippen LogP contribution in [0, 0.1) is 0 Å². The van der Waals surface area contributed by atoms with Gasteiger partial charge in [0.25, 0.3) is 0 Å². The van der Waals surface area contributed by atoms with E-state index in [1.807, 2.05) is 42.5 Å². The van der Waals surface area contributed by atoms with Crippen molar-refractivity contribution in [3.63, 3.8) is 0 Å². The third-order valence-electron chi connectivity index (χ3n) is 3.49. The molecule has 0 fully saturated rings. The van der Waals surface area contributed by atoms with Crippen LogP contribution in [0.2, 0.25) is 0 Å². The summed E-state index contributed by atoms with van der Waals surface area (Å²) < 4.78 is 15.7. The van der Waals surface area contributed by atoms with Crippen LogP contribution in [0.1, 0.15) is 0 Å². The molecule has 0 saturated carbocycles. The highest BCUT2D eigenvalue weighted by atomic mass is 16.5. The molecule has 0 aliphatic rings. The monoisotopic (exact) mass is 311 g/mol. The summed E-state index contributed by atoms with van der Waals surface area (Å²) in [6.45, 7) is 0. The lowest BCUT2D eigenvalue weighted by Crippen LogP contribution is -1.91. The molecule has 3 aromatic rings. The van der Waals surface area contributed by atoms with Crippen LogP contribution in [0.4, 0.5) is 0 Å². The quantitative estimate of drug-likeness (QED) is 0.784. The van der Waals surface area contributed by atoms with Gasteiger partial charge in [-0.2, -0.15) is 5.10 Å². The minimum absolute atomic E-state index is 0.594. The maximum Gasteiger partial charge on any atom is 0.181 e. The Kier molecular flexibility index (Phi) is 4.14. The van der Waals surface area contributed by atoms with Gasteiger partial charge in [0.1, 0.15) is 5.75 Å². The van der Waals surface area contributed by atoms with Crippen LogP contribution in [-0.2, 0) is 0 Å². The third-order valence-corrected chi connectivity index (χ3v) is 3.49. The third kappa shape index (κ3) is 2.96. The van der Waals surface area contributed by atoms with Crippen LogP contribution in [0.25, 0.3) is 22.8 Å². The predicted molar refractivity (Wildman–Crippen MR) is 86.9 cm³/mol. The van der Waals surface area contributed by atoms with Crippen molar-refractivity contribution in [3.8, 4) is 40.0 Å². The number of benzene rings is 2. The number of aromatic nitrogens is 3. The largest absolute Gasteiger partial charge is 0.497 e. The average molecular weight is 311 g/mol. The minimum atomic E-state index is 0.594. The number of aromatic amines is 1. The van der Waals surface area contributed by atoms with Gasteiger partial charge in [-0.1, -0.05) is 0 Å². The van der Waals surface area contributed by atoms with Gasteiger partial charge in [0.05, 0.1) is 21.3 Å². The summed E-state index contributed by atoms with van der Waals surface area (Å²) in [5.41, 5.74) is 1.78. The fourth-order valence-corrected chi connectivity index (χ4v) is 2.24. The van der Waals surface area contributed by atoms with E-state index in [0.29, 0.717) is 23.1 Å². The first-order valence-corrected chi connectivity index (χ1v) is 7.04. The Morgan fingerprint density at radius 2 is 1.48 bits per heavy atom. The molecule has 6 nitrogen and oxygen atoms in total. The minimum Gasteiger partial charge on any atom is -0.497 e. The molecule has 23 heavy (non-hydrogen) atoms. The Morgan fingerprint density at radius 1 is 0.783 bits per heavy atom. The van der Waals surface area contributed by atoms with Crippen LogP contribution >= 0.6 is 0 Å². The van der Waals surface area contributed by atoms with Gasteiger partial charge >= 0.3 is 0 Å². The molecule has 118 valence electrons. The molecule has 1 N–H and O–H groups in total. The number of hydrogen-bond donors (Lipinski definition) is 1. The van der Waals surface area contributed by atoms with Crippen LogP contribution in [-0.4, -0.2) is 36.5 Å². The molecule has 0 amide bonds. The Hall–Kier alpha value is -3.02. The molecule has 0 aliphatic heterocycles. The molecular weight excluding hydrogens is 294 g/mol. The second-order valence-corrected chi connectivity index (χ2v) is 4.81. The Bertz CT molecular complexity index is 797. The molecule has 0 aliphatic carbocycles. The van der Waals surface area contributed by atoms with Crippen molar-refractivity contribution >= 4 is 0 Å². The molecule has 3 rings (SSSR count). The molecule has 0 spiro atoms. The highest BCUT2D eigenvalue weighted by Crippen LogP contribution is 2.31. The molecule has 0 bridgehead atoms. The lowest BCUT2D eigenvalue weighted by atomic mass is 10.2. The first kappa shape index (κ1) is 14.9. The number of methoxy groups -OCH3 is 3. The number of hydrogen-bond acceptors (Lipinski definition) is 5.